The fraction of sp³-hybridized carbons (Fsp3) is 0.429. The largest absolute Gasteiger partial charge is 0.417 e. The van der Waals surface area contributed by atoms with Crippen LogP contribution in [0.3, 0.4) is 0 Å². The molecular formula is C14H15ClF3N3O. The maximum atomic E-state index is 12.9. The van der Waals surface area contributed by atoms with E-state index in [1.54, 1.807) is 6.92 Å². The Morgan fingerprint density at radius 1 is 1.45 bits per heavy atom. The molecule has 1 N–H and O–H groups in total. The summed E-state index contributed by atoms with van der Waals surface area (Å²) in [6, 6.07) is 0.808. The summed E-state index contributed by atoms with van der Waals surface area (Å²) in [5.41, 5.74) is -0.396. The van der Waals surface area contributed by atoms with E-state index in [2.05, 4.69) is 10.3 Å². The number of pyridine rings is 1. The number of nitrogens with zero attached hydrogens (tertiary/aromatic N) is 2. The zero-order chi connectivity index (χ0) is 16.5. The lowest BCUT2D eigenvalue weighted by atomic mass is 10.2. The second kappa shape index (κ2) is 6.16. The number of hydrogen-bond acceptors (Lipinski definition) is 2. The Hall–Kier alpha value is -1.76. The van der Waals surface area contributed by atoms with Crippen LogP contribution in [0.1, 0.15) is 41.5 Å². The average molecular weight is 334 g/mol. The zero-order valence-electron chi connectivity index (χ0n) is 12.1. The van der Waals surface area contributed by atoms with E-state index >= 15 is 0 Å². The molecule has 0 fully saturated rings. The number of nitrogens with one attached hydrogen (secondary N) is 1. The van der Waals surface area contributed by atoms with Gasteiger partial charge in [0.25, 0.3) is 5.91 Å². The van der Waals surface area contributed by atoms with Gasteiger partial charge in [0, 0.05) is 12.7 Å². The van der Waals surface area contributed by atoms with Crippen LogP contribution in [0.25, 0.3) is 5.65 Å². The lowest BCUT2D eigenvalue weighted by Gasteiger charge is -2.10. The van der Waals surface area contributed by atoms with Crippen LogP contribution in [0, 0.1) is 6.92 Å². The predicted octanol–water partition coefficient (Wildman–Crippen LogP) is 3.84. The van der Waals surface area contributed by atoms with Crippen LogP contribution < -0.4 is 5.32 Å². The second-order valence-corrected chi connectivity index (χ2v) is 5.33. The minimum Gasteiger partial charge on any atom is -0.351 e. The topological polar surface area (TPSA) is 46.4 Å². The summed E-state index contributed by atoms with van der Waals surface area (Å²) in [5.74, 6) is -0.464. The van der Waals surface area contributed by atoms with Gasteiger partial charge in [0.2, 0.25) is 0 Å². The maximum Gasteiger partial charge on any atom is 0.417 e. The van der Waals surface area contributed by atoms with Gasteiger partial charge in [-0.05, 0) is 19.4 Å². The van der Waals surface area contributed by atoms with Gasteiger partial charge in [-0.1, -0.05) is 24.9 Å². The molecule has 0 saturated heterocycles. The van der Waals surface area contributed by atoms with Gasteiger partial charge in [0.1, 0.15) is 5.69 Å². The highest BCUT2D eigenvalue weighted by atomic mass is 35.5. The van der Waals surface area contributed by atoms with Crippen molar-refractivity contribution in [2.45, 2.75) is 32.9 Å². The third kappa shape index (κ3) is 3.19. The zero-order valence-corrected chi connectivity index (χ0v) is 12.8. The molecule has 0 spiro atoms. The SMILES string of the molecule is CCCCNC(=O)c1c(C)nc2c(Cl)cc(C(F)(F)F)cn12. The Kier molecular flexibility index (Phi) is 4.65. The van der Waals surface area contributed by atoms with Crippen LogP contribution in [-0.2, 0) is 6.18 Å². The first-order valence-electron chi connectivity index (χ1n) is 6.79. The highest BCUT2D eigenvalue weighted by Gasteiger charge is 2.32. The molecule has 0 unspecified atom stereocenters. The first kappa shape index (κ1) is 16.6. The first-order chi connectivity index (χ1) is 10.3. The number of imidazole rings is 1. The lowest BCUT2D eigenvalue weighted by Crippen LogP contribution is -2.26. The number of halogens is 4. The third-order valence-corrected chi connectivity index (χ3v) is 3.49. The molecule has 0 aromatic carbocycles. The van der Waals surface area contributed by atoms with Crippen LogP contribution in [0.15, 0.2) is 12.3 Å². The molecule has 0 radical (unpaired) electrons. The fourth-order valence-electron chi connectivity index (χ4n) is 2.11. The molecule has 0 aliphatic heterocycles. The van der Waals surface area contributed by atoms with Gasteiger partial charge >= 0.3 is 6.18 Å². The van der Waals surface area contributed by atoms with Crippen molar-refractivity contribution in [3.05, 3.63) is 34.2 Å². The number of fused-ring (bicyclic) bond motifs is 1. The number of carbonyl (C=O) groups excluding carboxylic acids is 1. The van der Waals surface area contributed by atoms with E-state index in [-0.39, 0.29) is 16.4 Å². The van der Waals surface area contributed by atoms with Crippen LogP contribution in [0.2, 0.25) is 5.02 Å². The number of amides is 1. The van der Waals surface area contributed by atoms with Gasteiger partial charge in [-0.2, -0.15) is 13.2 Å². The molecule has 2 rings (SSSR count). The maximum absolute atomic E-state index is 12.9. The van der Waals surface area contributed by atoms with E-state index in [4.69, 9.17) is 11.6 Å². The van der Waals surface area contributed by atoms with Crippen LogP contribution in [0.5, 0.6) is 0 Å². The lowest BCUT2D eigenvalue weighted by molar-refractivity contribution is -0.137. The molecule has 2 aromatic heterocycles. The molecule has 1 amide bonds. The van der Waals surface area contributed by atoms with Crippen LogP contribution in [-0.4, -0.2) is 21.8 Å². The van der Waals surface area contributed by atoms with Crippen LogP contribution >= 0.6 is 11.6 Å². The summed E-state index contributed by atoms with van der Waals surface area (Å²) in [4.78, 5) is 16.3. The molecule has 4 nitrogen and oxygen atoms in total. The van der Waals surface area contributed by atoms with E-state index in [1.165, 1.54) is 0 Å². The molecule has 0 saturated carbocycles. The van der Waals surface area contributed by atoms with Crippen LogP contribution in [0.4, 0.5) is 13.2 Å². The predicted molar refractivity (Wildman–Crippen MR) is 77.2 cm³/mol. The molecule has 120 valence electrons. The van der Waals surface area contributed by atoms with Gasteiger partial charge in [0.15, 0.2) is 5.65 Å². The number of aryl methyl sites for hydroxylation is 1. The van der Waals surface area contributed by atoms with Gasteiger partial charge in [-0.25, -0.2) is 4.98 Å². The Labute approximate surface area is 130 Å². The van der Waals surface area contributed by atoms with E-state index in [9.17, 15) is 18.0 Å². The summed E-state index contributed by atoms with van der Waals surface area (Å²) in [6.07, 6.45) is -2.02. The van der Waals surface area contributed by atoms with Crippen molar-refractivity contribution in [1.82, 2.24) is 14.7 Å². The molecule has 22 heavy (non-hydrogen) atoms. The number of rotatable bonds is 4. The monoisotopic (exact) mass is 333 g/mol. The normalized spacial score (nSPS) is 11.9. The van der Waals surface area contributed by atoms with E-state index in [0.717, 1.165) is 29.5 Å². The van der Waals surface area contributed by atoms with Crippen molar-refractivity contribution in [1.29, 1.82) is 0 Å². The molecular weight excluding hydrogens is 319 g/mol. The quantitative estimate of drug-likeness (QED) is 0.864. The average Bonchev–Trinajstić information content (AvgIpc) is 2.75. The summed E-state index contributed by atoms with van der Waals surface area (Å²) >= 11 is 5.87. The standard InChI is InChI=1S/C14H15ClF3N3O/c1-3-4-5-19-13(22)11-8(2)20-12-10(15)6-9(7-21(11)12)14(16,17)18/h6-7H,3-5H2,1-2H3,(H,19,22). The highest BCUT2D eigenvalue weighted by Crippen LogP contribution is 2.33. The Bertz CT molecular complexity index is 709. The van der Waals surface area contributed by atoms with Crippen molar-refractivity contribution in [3.63, 3.8) is 0 Å². The van der Waals surface area contributed by atoms with Gasteiger partial charge < -0.3 is 5.32 Å². The number of carbonyl (C=O) groups is 1. The molecule has 0 bridgehead atoms. The van der Waals surface area contributed by atoms with Crippen molar-refractivity contribution < 1.29 is 18.0 Å². The summed E-state index contributed by atoms with van der Waals surface area (Å²) < 4.78 is 39.8. The third-order valence-electron chi connectivity index (χ3n) is 3.21. The Morgan fingerprint density at radius 2 is 2.14 bits per heavy atom. The summed E-state index contributed by atoms with van der Waals surface area (Å²) in [7, 11) is 0. The molecule has 0 aliphatic rings. The van der Waals surface area contributed by atoms with Crippen molar-refractivity contribution in [2.24, 2.45) is 0 Å². The second-order valence-electron chi connectivity index (χ2n) is 4.92. The number of aromatic nitrogens is 2. The molecule has 0 aliphatic carbocycles. The molecule has 0 atom stereocenters. The fourth-order valence-corrected chi connectivity index (χ4v) is 2.36. The van der Waals surface area contributed by atoms with Gasteiger partial charge in [-0.3, -0.25) is 9.20 Å². The molecule has 8 heteroatoms. The smallest absolute Gasteiger partial charge is 0.351 e. The van der Waals surface area contributed by atoms with Gasteiger partial charge in [0.05, 0.1) is 16.3 Å². The Morgan fingerprint density at radius 3 is 2.73 bits per heavy atom. The first-order valence-corrected chi connectivity index (χ1v) is 7.17. The van der Waals surface area contributed by atoms with E-state index in [1.807, 2.05) is 6.92 Å². The summed E-state index contributed by atoms with van der Waals surface area (Å²) in [5, 5.41) is 2.52. The van der Waals surface area contributed by atoms with Crippen molar-refractivity contribution in [2.75, 3.05) is 6.54 Å². The Balaban J connectivity index is 2.52. The van der Waals surface area contributed by atoms with E-state index in [0.29, 0.717) is 12.2 Å². The number of hydrogen-bond donors (Lipinski definition) is 1. The van der Waals surface area contributed by atoms with Crippen molar-refractivity contribution >= 4 is 23.2 Å². The minimum absolute atomic E-state index is 0.0686. The molecule has 2 heterocycles. The highest BCUT2D eigenvalue weighted by molar-refractivity contribution is 6.33. The minimum atomic E-state index is -4.55. The molecule has 2 aromatic rings. The van der Waals surface area contributed by atoms with E-state index < -0.39 is 17.6 Å². The van der Waals surface area contributed by atoms with Gasteiger partial charge in [-0.15, -0.1) is 0 Å². The summed E-state index contributed by atoms with van der Waals surface area (Å²) in [6.45, 7) is 3.99. The number of alkyl halides is 3. The van der Waals surface area contributed by atoms with Crippen molar-refractivity contribution in [3.8, 4) is 0 Å². The number of unbranched alkanes of at least 4 members (excludes halogenated alkanes) is 1.